The lowest BCUT2D eigenvalue weighted by molar-refractivity contribution is 0.102. The minimum absolute atomic E-state index is 0.226. The Kier molecular flexibility index (Phi) is 5.57. The van der Waals surface area contributed by atoms with Crippen LogP contribution in [0.1, 0.15) is 28.4 Å². The Balaban J connectivity index is 1.64. The number of hydrogen-bond acceptors (Lipinski definition) is 4. The molecule has 0 radical (unpaired) electrons. The van der Waals surface area contributed by atoms with Crippen LogP contribution in [0.2, 0.25) is 0 Å². The molecule has 3 aromatic rings. The number of carbonyl (C=O) groups is 2. The molecule has 0 fully saturated rings. The van der Waals surface area contributed by atoms with Gasteiger partial charge in [0, 0.05) is 18.8 Å². The van der Waals surface area contributed by atoms with Gasteiger partial charge in [-0.1, -0.05) is 36.4 Å². The van der Waals surface area contributed by atoms with Crippen LogP contribution in [0.25, 0.3) is 10.8 Å². The van der Waals surface area contributed by atoms with Crippen molar-refractivity contribution < 1.29 is 19.1 Å². The number of ether oxygens (including phenoxy) is 2. The van der Waals surface area contributed by atoms with Crippen LogP contribution in [0.4, 0.5) is 10.5 Å². The minimum Gasteiger partial charge on any atom is -0.493 e. The highest BCUT2D eigenvalue weighted by Gasteiger charge is 2.22. The molecule has 0 bridgehead atoms. The first-order valence-electron chi connectivity index (χ1n) is 10.0. The lowest BCUT2D eigenvalue weighted by Gasteiger charge is -2.28. The molecule has 1 aliphatic rings. The summed E-state index contributed by atoms with van der Waals surface area (Å²) in [6.07, 6.45) is 0.420. The normalized spacial score (nSPS) is 12.9. The lowest BCUT2D eigenvalue weighted by atomic mass is 9.99. The Bertz CT molecular complexity index is 1110. The largest absolute Gasteiger partial charge is 0.493 e. The van der Waals surface area contributed by atoms with Crippen molar-refractivity contribution in [1.82, 2.24) is 4.90 Å². The van der Waals surface area contributed by atoms with Gasteiger partial charge in [0.05, 0.1) is 19.3 Å². The zero-order valence-electron chi connectivity index (χ0n) is 17.1. The summed E-state index contributed by atoms with van der Waals surface area (Å²) in [6, 6.07) is 17.4. The number of benzene rings is 3. The van der Waals surface area contributed by atoms with Gasteiger partial charge in [-0.15, -0.1) is 0 Å². The maximum atomic E-state index is 13.2. The van der Waals surface area contributed by atoms with Crippen molar-refractivity contribution in [3.05, 3.63) is 71.3 Å². The van der Waals surface area contributed by atoms with Gasteiger partial charge in [0.15, 0.2) is 0 Å². The summed E-state index contributed by atoms with van der Waals surface area (Å²) >= 11 is 0. The summed E-state index contributed by atoms with van der Waals surface area (Å²) < 4.78 is 10.6. The highest BCUT2D eigenvalue weighted by Crippen LogP contribution is 2.30. The summed E-state index contributed by atoms with van der Waals surface area (Å²) in [4.78, 5) is 26.8. The van der Waals surface area contributed by atoms with E-state index < -0.39 is 0 Å². The SMILES string of the molecule is CCOc1ccc2ccccc2c1C(=O)Nc1ccc2c(c1)CN(C(=O)OC)CC2. The average Bonchev–Trinajstić information content (AvgIpc) is 2.78. The number of methoxy groups -OCH3 is 1. The van der Waals surface area contributed by atoms with Crippen LogP contribution in [0.15, 0.2) is 54.6 Å². The molecule has 4 rings (SSSR count). The van der Waals surface area contributed by atoms with Crippen LogP contribution in [0.5, 0.6) is 5.75 Å². The molecule has 6 nitrogen and oxygen atoms in total. The molecule has 30 heavy (non-hydrogen) atoms. The molecular formula is C24H24N2O4. The maximum absolute atomic E-state index is 13.2. The number of fused-ring (bicyclic) bond motifs is 2. The number of nitrogens with one attached hydrogen (secondary N) is 1. The van der Waals surface area contributed by atoms with E-state index in [0.717, 1.165) is 22.8 Å². The van der Waals surface area contributed by atoms with Crippen molar-refractivity contribution in [3.8, 4) is 5.75 Å². The van der Waals surface area contributed by atoms with Crippen molar-refractivity contribution in [2.45, 2.75) is 19.9 Å². The standard InChI is InChI=1S/C24H24N2O4/c1-3-30-21-11-9-17-6-4-5-7-20(17)22(21)23(27)25-19-10-8-16-12-13-26(24(28)29-2)15-18(16)14-19/h4-11,14H,3,12-13,15H2,1-2H3,(H,25,27). The first-order chi connectivity index (χ1) is 14.6. The molecule has 6 heteroatoms. The Morgan fingerprint density at radius 2 is 1.90 bits per heavy atom. The number of hydrogen-bond donors (Lipinski definition) is 1. The van der Waals surface area contributed by atoms with Crippen LogP contribution < -0.4 is 10.1 Å². The third-order valence-electron chi connectivity index (χ3n) is 5.33. The van der Waals surface area contributed by atoms with Gasteiger partial charge in [-0.25, -0.2) is 4.79 Å². The van der Waals surface area contributed by atoms with Gasteiger partial charge < -0.3 is 19.7 Å². The summed E-state index contributed by atoms with van der Waals surface area (Å²) in [6.45, 7) is 3.46. The molecule has 0 atom stereocenters. The highest BCUT2D eigenvalue weighted by molar-refractivity contribution is 6.15. The quantitative estimate of drug-likeness (QED) is 0.689. The second-order valence-electron chi connectivity index (χ2n) is 7.17. The molecule has 0 aromatic heterocycles. The van der Waals surface area contributed by atoms with Gasteiger partial charge in [-0.2, -0.15) is 0 Å². The van der Waals surface area contributed by atoms with E-state index in [2.05, 4.69) is 5.32 Å². The first-order valence-corrected chi connectivity index (χ1v) is 10.0. The fourth-order valence-corrected chi connectivity index (χ4v) is 3.87. The van der Waals surface area contributed by atoms with Crippen molar-refractivity contribution in [1.29, 1.82) is 0 Å². The number of anilines is 1. The molecule has 3 aromatic carbocycles. The zero-order valence-corrected chi connectivity index (χ0v) is 17.1. The third-order valence-corrected chi connectivity index (χ3v) is 5.33. The van der Waals surface area contributed by atoms with E-state index >= 15 is 0 Å². The zero-order chi connectivity index (χ0) is 21.1. The van der Waals surface area contributed by atoms with Gasteiger partial charge in [-0.05, 0) is 53.4 Å². The highest BCUT2D eigenvalue weighted by atomic mass is 16.5. The van der Waals surface area contributed by atoms with Gasteiger partial charge in [0.2, 0.25) is 0 Å². The van der Waals surface area contributed by atoms with Crippen LogP contribution in [0, 0.1) is 0 Å². The van der Waals surface area contributed by atoms with Crippen LogP contribution in [0.3, 0.4) is 0 Å². The summed E-state index contributed by atoms with van der Waals surface area (Å²) in [5.74, 6) is 0.333. The summed E-state index contributed by atoms with van der Waals surface area (Å²) in [5.41, 5.74) is 3.38. The van der Waals surface area contributed by atoms with Crippen molar-refractivity contribution >= 4 is 28.5 Å². The summed E-state index contributed by atoms with van der Waals surface area (Å²) in [5, 5.41) is 4.82. The predicted octanol–water partition coefficient (Wildman–Crippen LogP) is 4.62. The van der Waals surface area contributed by atoms with Gasteiger partial charge in [-0.3, -0.25) is 4.79 Å². The topological polar surface area (TPSA) is 67.9 Å². The van der Waals surface area contributed by atoms with Crippen LogP contribution >= 0.6 is 0 Å². The Morgan fingerprint density at radius 3 is 2.70 bits per heavy atom. The second kappa shape index (κ2) is 8.45. The summed E-state index contributed by atoms with van der Waals surface area (Å²) in [7, 11) is 1.38. The molecular weight excluding hydrogens is 380 g/mol. The molecule has 0 spiro atoms. The minimum atomic E-state index is -0.341. The fraction of sp³-hybridized carbons (Fsp3) is 0.250. The Morgan fingerprint density at radius 1 is 1.07 bits per heavy atom. The lowest BCUT2D eigenvalue weighted by Crippen LogP contribution is -2.35. The Labute approximate surface area is 175 Å². The number of nitrogens with zero attached hydrogens (tertiary/aromatic N) is 1. The number of carbonyl (C=O) groups excluding carboxylic acids is 2. The fourth-order valence-electron chi connectivity index (χ4n) is 3.87. The molecule has 154 valence electrons. The van der Waals surface area contributed by atoms with E-state index in [0.29, 0.717) is 36.7 Å². The molecule has 0 saturated heterocycles. The molecule has 0 unspecified atom stereocenters. The molecule has 0 aliphatic carbocycles. The second-order valence-corrected chi connectivity index (χ2v) is 7.17. The van der Waals surface area contributed by atoms with E-state index in [1.807, 2.05) is 61.5 Å². The van der Waals surface area contributed by atoms with Gasteiger partial charge >= 0.3 is 6.09 Å². The predicted molar refractivity (Wildman–Crippen MR) is 116 cm³/mol. The van der Waals surface area contributed by atoms with Gasteiger partial charge in [0.1, 0.15) is 5.75 Å². The molecule has 1 heterocycles. The van der Waals surface area contributed by atoms with Crippen molar-refractivity contribution in [3.63, 3.8) is 0 Å². The molecule has 1 aliphatic heterocycles. The first kappa shape index (κ1) is 19.8. The average molecular weight is 404 g/mol. The van der Waals surface area contributed by atoms with E-state index in [4.69, 9.17) is 9.47 Å². The van der Waals surface area contributed by atoms with Gasteiger partial charge in [0.25, 0.3) is 5.91 Å². The maximum Gasteiger partial charge on any atom is 0.409 e. The van der Waals surface area contributed by atoms with E-state index in [1.54, 1.807) is 4.90 Å². The smallest absolute Gasteiger partial charge is 0.409 e. The van der Waals surface area contributed by atoms with Crippen LogP contribution in [-0.2, 0) is 17.7 Å². The number of amides is 2. The van der Waals surface area contributed by atoms with Crippen LogP contribution in [-0.4, -0.2) is 37.2 Å². The monoisotopic (exact) mass is 404 g/mol. The molecule has 1 N–H and O–H groups in total. The van der Waals surface area contributed by atoms with Crippen molar-refractivity contribution in [2.24, 2.45) is 0 Å². The molecule has 2 amide bonds. The molecule has 0 saturated carbocycles. The van der Waals surface area contributed by atoms with E-state index in [-0.39, 0.29) is 12.0 Å². The van der Waals surface area contributed by atoms with E-state index in [1.165, 1.54) is 12.7 Å². The Hall–Kier alpha value is -3.54. The number of rotatable bonds is 4. The van der Waals surface area contributed by atoms with Crippen molar-refractivity contribution in [2.75, 3.05) is 25.6 Å². The van der Waals surface area contributed by atoms with E-state index in [9.17, 15) is 9.59 Å². The third kappa shape index (κ3) is 3.81.